The van der Waals surface area contributed by atoms with Gasteiger partial charge >= 0.3 is 6.18 Å². The van der Waals surface area contributed by atoms with Crippen LogP contribution < -0.4 is 4.90 Å². The summed E-state index contributed by atoms with van der Waals surface area (Å²) in [7, 11) is 0. The summed E-state index contributed by atoms with van der Waals surface area (Å²) in [5.41, 5.74) is -1.52. The summed E-state index contributed by atoms with van der Waals surface area (Å²) >= 11 is 7.18. The van der Waals surface area contributed by atoms with Gasteiger partial charge in [0.15, 0.2) is 0 Å². The molecule has 1 aromatic carbocycles. The number of imide groups is 1. The number of benzene rings is 1. The van der Waals surface area contributed by atoms with Crippen molar-refractivity contribution in [2.45, 2.75) is 52.6 Å². The van der Waals surface area contributed by atoms with E-state index in [1.54, 1.807) is 6.92 Å². The van der Waals surface area contributed by atoms with Gasteiger partial charge < -0.3 is 0 Å². The van der Waals surface area contributed by atoms with Crippen LogP contribution in [0.15, 0.2) is 40.3 Å². The fourth-order valence-corrected chi connectivity index (χ4v) is 3.07. The Kier molecular flexibility index (Phi) is 10.7. The molecule has 3 nitrogen and oxygen atoms in total. The molecule has 0 saturated carbocycles. The highest BCUT2D eigenvalue weighted by Crippen LogP contribution is 2.36. The molecule has 0 N–H and O–H groups in total. The van der Waals surface area contributed by atoms with Gasteiger partial charge in [-0.2, -0.15) is 13.2 Å². The highest BCUT2D eigenvalue weighted by atomic mass is 35.5. The molecule has 9 heteroatoms. The van der Waals surface area contributed by atoms with Crippen LogP contribution in [0.2, 0.25) is 5.02 Å². The lowest BCUT2D eigenvalue weighted by Crippen LogP contribution is -2.37. The van der Waals surface area contributed by atoms with Gasteiger partial charge in [-0.3, -0.25) is 9.59 Å². The van der Waals surface area contributed by atoms with Crippen molar-refractivity contribution in [1.82, 2.24) is 0 Å². The molecule has 2 amide bonds. The summed E-state index contributed by atoms with van der Waals surface area (Å²) < 4.78 is 53.1. The maximum absolute atomic E-state index is 14.4. The maximum Gasteiger partial charge on any atom is 0.412 e. The van der Waals surface area contributed by atoms with Gasteiger partial charge in [-0.1, -0.05) is 37.6 Å². The molecule has 0 radical (unpaired) electrons. The summed E-state index contributed by atoms with van der Waals surface area (Å²) in [6, 6.07) is 2.08. The molecule has 0 spiro atoms. The first kappa shape index (κ1) is 27.2. The third kappa shape index (κ3) is 7.51. The molecule has 29 heavy (non-hydrogen) atoms. The van der Waals surface area contributed by atoms with Crippen molar-refractivity contribution in [2.24, 2.45) is 0 Å². The minimum Gasteiger partial charge on any atom is -0.274 e. The van der Waals surface area contributed by atoms with Gasteiger partial charge in [0.2, 0.25) is 5.91 Å². The van der Waals surface area contributed by atoms with E-state index in [1.807, 2.05) is 13.8 Å². The van der Waals surface area contributed by atoms with Gasteiger partial charge in [-0.05, 0) is 32.9 Å². The zero-order valence-corrected chi connectivity index (χ0v) is 18.7. The molecule has 162 valence electrons. The predicted molar refractivity (Wildman–Crippen MR) is 111 cm³/mol. The maximum atomic E-state index is 14.4. The quantitative estimate of drug-likeness (QED) is 0.209. The smallest absolute Gasteiger partial charge is 0.274 e. The number of anilines is 1. The molecule has 1 aromatic rings. The summed E-state index contributed by atoms with van der Waals surface area (Å²) in [4.78, 5) is 25.2. The molecule has 0 aromatic heterocycles. The van der Waals surface area contributed by atoms with E-state index in [4.69, 9.17) is 11.6 Å². The largest absolute Gasteiger partial charge is 0.412 e. The molecule has 0 aliphatic rings. The molecule has 0 aliphatic heterocycles. The number of carbonyl (C=O) groups excluding carboxylic acids is 2. The van der Waals surface area contributed by atoms with Crippen LogP contribution in [0.5, 0.6) is 0 Å². The van der Waals surface area contributed by atoms with Crippen LogP contribution in [0.3, 0.4) is 0 Å². The van der Waals surface area contributed by atoms with E-state index in [2.05, 4.69) is 6.58 Å². The van der Waals surface area contributed by atoms with Gasteiger partial charge in [-0.15, -0.1) is 11.8 Å². The Labute approximate surface area is 177 Å². The van der Waals surface area contributed by atoms with Crippen molar-refractivity contribution in [1.29, 1.82) is 0 Å². The number of hydrogen-bond acceptors (Lipinski definition) is 3. The first-order valence-corrected chi connectivity index (χ1v) is 9.99. The lowest BCUT2D eigenvalue weighted by Gasteiger charge is -2.22. The SMILES string of the molecule is C=C(C)CSc1cc(N(C(C)=O)C(=O)/C(C)=C(\C)C(F)(F)F)c(F)cc1Cl.CC. The highest BCUT2D eigenvalue weighted by molar-refractivity contribution is 7.99. The van der Waals surface area contributed by atoms with E-state index in [9.17, 15) is 27.2 Å². The van der Waals surface area contributed by atoms with E-state index >= 15 is 0 Å². The fraction of sp³-hybridized carbons (Fsp3) is 0.400. The topological polar surface area (TPSA) is 37.4 Å². The van der Waals surface area contributed by atoms with Crippen molar-refractivity contribution in [3.8, 4) is 0 Å². The average Bonchev–Trinajstić information content (AvgIpc) is 2.61. The molecule has 0 saturated heterocycles. The lowest BCUT2D eigenvalue weighted by atomic mass is 10.1. The van der Waals surface area contributed by atoms with Crippen LogP contribution in [0.4, 0.5) is 23.2 Å². The zero-order valence-electron chi connectivity index (χ0n) is 17.1. The molecular formula is C20H24ClF4NO2S. The third-order valence-electron chi connectivity index (χ3n) is 3.54. The number of hydrogen-bond donors (Lipinski definition) is 0. The monoisotopic (exact) mass is 453 g/mol. The number of alkyl halides is 3. The van der Waals surface area contributed by atoms with Crippen LogP contribution in [0.1, 0.15) is 41.5 Å². The standard InChI is InChI=1S/C18H18ClF4NO2S.C2H6/c1-9(2)8-27-16-7-15(14(20)6-13(16)19)24(12(5)25)17(26)10(3)11(4)18(21,22)23;1-2/h6-7H,1,8H2,2-5H3;1-2H3/b11-10+;. The highest BCUT2D eigenvalue weighted by Gasteiger charge is 2.35. The van der Waals surface area contributed by atoms with Crippen LogP contribution in [-0.2, 0) is 9.59 Å². The Morgan fingerprint density at radius 2 is 1.66 bits per heavy atom. The minimum atomic E-state index is -4.75. The van der Waals surface area contributed by atoms with Crippen LogP contribution in [0.25, 0.3) is 0 Å². The number of allylic oxidation sites excluding steroid dienone is 1. The number of halogens is 5. The van der Waals surface area contributed by atoms with Crippen molar-refractivity contribution >= 4 is 40.9 Å². The van der Waals surface area contributed by atoms with Crippen molar-refractivity contribution in [3.63, 3.8) is 0 Å². The molecule has 0 atom stereocenters. The fourth-order valence-electron chi connectivity index (χ4n) is 1.96. The molecule has 0 unspecified atom stereocenters. The van der Waals surface area contributed by atoms with Crippen molar-refractivity contribution < 1.29 is 27.2 Å². The number of nitrogens with zero attached hydrogens (tertiary/aromatic N) is 1. The Hall–Kier alpha value is -1.80. The Balaban J connectivity index is 0.00000379. The third-order valence-corrected chi connectivity index (χ3v) is 5.25. The summed E-state index contributed by atoms with van der Waals surface area (Å²) in [6.45, 7) is 12.1. The summed E-state index contributed by atoms with van der Waals surface area (Å²) in [6.07, 6.45) is -4.75. The molecule has 0 aliphatic carbocycles. The summed E-state index contributed by atoms with van der Waals surface area (Å²) in [5.74, 6) is -2.73. The van der Waals surface area contributed by atoms with E-state index < -0.39 is 40.6 Å². The van der Waals surface area contributed by atoms with Crippen molar-refractivity contribution in [2.75, 3.05) is 10.7 Å². The van der Waals surface area contributed by atoms with Crippen LogP contribution in [-0.4, -0.2) is 23.7 Å². The van der Waals surface area contributed by atoms with Gasteiger partial charge in [0.05, 0.1) is 10.7 Å². The number of amides is 2. The Bertz CT molecular complexity index is 819. The second-order valence-corrected chi connectivity index (χ2v) is 7.31. The summed E-state index contributed by atoms with van der Waals surface area (Å²) in [5, 5.41) is 0.0530. The van der Waals surface area contributed by atoms with Gasteiger partial charge in [-0.25, -0.2) is 9.29 Å². The second-order valence-electron chi connectivity index (χ2n) is 5.89. The molecular weight excluding hydrogens is 430 g/mol. The van der Waals surface area contributed by atoms with Crippen molar-refractivity contribution in [3.05, 3.63) is 46.3 Å². The zero-order chi connectivity index (χ0) is 23.1. The van der Waals surface area contributed by atoms with E-state index in [1.165, 1.54) is 17.8 Å². The minimum absolute atomic E-state index is 0.0530. The number of thioether (sulfide) groups is 1. The first-order chi connectivity index (χ1) is 13.3. The average molecular weight is 454 g/mol. The van der Waals surface area contributed by atoms with E-state index in [-0.39, 0.29) is 5.02 Å². The number of rotatable bonds is 5. The van der Waals surface area contributed by atoms with Crippen LogP contribution >= 0.6 is 23.4 Å². The molecule has 0 bridgehead atoms. The Morgan fingerprint density at radius 1 is 1.14 bits per heavy atom. The molecule has 0 fully saturated rings. The first-order valence-electron chi connectivity index (χ1n) is 8.63. The molecule has 0 heterocycles. The lowest BCUT2D eigenvalue weighted by molar-refractivity contribution is -0.124. The van der Waals surface area contributed by atoms with Gasteiger partial charge in [0.1, 0.15) is 5.82 Å². The molecule has 1 rings (SSSR count). The van der Waals surface area contributed by atoms with Crippen LogP contribution in [0, 0.1) is 5.82 Å². The van der Waals surface area contributed by atoms with Gasteiger partial charge in [0.25, 0.3) is 5.91 Å². The Morgan fingerprint density at radius 3 is 2.07 bits per heavy atom. The van der Waals surface area contributed by atoms with E-state index in [0.717, 1.165) is 32.4 Å². The van der Waals surface area contributed by atoms with Gasteiger partial charge in [0, 0.05) is 28.7 Å². The number of carbonyl (C=O) groups is 2. The predicted octanol–water partition coefficient (Wildman–Crippen LogP) is 6.95. The van der Waals surface area contributed by atoms with E-state index in [0.29, 0.717) is 15.5 Å². The second kappa shape index (κ2) is 11.4. The normalized spacial score (nSPS) is 11.8.